The molecular weight excluding hydrogens is 367 g/mol. The summed E-state index contributed by atoms with van der Waals surface area (Å²) in [6, 6.07) is 3.68. The molecule has 0 radical (unpaired) electrons. The smallest absolute Gasteiger partial charge is 0.270 e. The van der Waals surface area contributed by atoms with Crippen molar-refractivity contribution < 1.29 is 9.13 Å². The topological polar surface area (TPSA) is 75.9 Å². The van der Waals surface area contributed by atoms with E-state index in [2.05, 4.69) is 41.1 Å². The number of nitrogens with zero attached hydrogens (tertiary/aromatic N) is 6. The molecule has 1 fully saturated rings. The molecule has 2 aromatic heterocycles. The van der Waals surface area contributed by atoms with Crippen LogP contribution >= 0.6 is 15.9 Å². The lowest BCUT2D eigenvalue weighted by atomic mass is 10.4. The number of anilines is 1. The Labute approximate surface area is 140 Å². The van der Waals surface area contributed by atoms with Gasteiger partial charge in [0.2, 0.25) is 0 Å². The molecule has 1 saturated heterocycles. The zero-order chi connectivity index (χ0) is 16.1. The standard InChI is InChI=1S/C14H14BrFN6O/c15-10-1-2-17-11(7-10)8-19-21-14-18-9-12(16)13(20-14)22-3-5-23-6-4-22/h1-2,7,9H,3-6,8H2. The van der Waals surface area contributed by atoms with Crippen molar-refractivity contribution in [2.45, 2.75) is 6.54 Å². The number of hydrogen-bond acceptors (Lipinski definition) is 7. The quantitative estimate of drug-likeness (QED) is 0.762. The van der Waals surface area contributed by atoms with E-state index in [1.807, 2.05) is 17.0 Å². The lowest BCUT2D eigenvalue weighted by Gasteiger charge is -2.27. The number of ether oxygens (including phenoxy) is 1. The Balaban J connectivity index is 1.71. The molecule has 1 aliphatic heterocycles. The van der Waals surface area contributed by atoms with E-state index in [0.717, 1.165) is 16.4 Å². The molecule has 2 aromatic rings. The van der Waals surface area contributed by atoms with E-state index >= 15 is 0 Å². The summed E-state index contributed by atoms with van der Waals surface area (Å²) in [6.07, 6.45) is 2.80. The predicted molar refractivity (Wildman–Crippen MR) is 85.2 cm³/mol. The van der Waals surface area contributed by atoms with Gasteiger partial charge in [0.15, 0.2) is 11.6 Å². The van der Waals surface area contributed by atoms with E-state index in [-0.39, 0.29) is 11.8 Å². The first-order valence-corrected chi connectivity index (χ1v) is 7.85. The van der Waals surface area contributed by atoms with Crippen molar-refractivity contribution in [2.75, 3.05) is 31.2 Å². The number of halogens is 2. The minimum atomic E-state index is -0.473. The molecule has 0 saturated carbocycles. The highest BCUT2D eigenvalue weighted by atomic mass is 79.9. The van der Waals surface area contributed by atoms with Crippen molar-refractivity contribution in [3.8, 4) is 0 Å². The minimum Gasteiger partial charge on any atom is -0.378 e. The van der Waals surface area contributed by atoms with Crippen LogP contribution in [0.4, 0.5) is 16.2 Å². The molecule has 120 valence electrons. The van der Waals surface area contributed by atoms with Crippen molar-refractivity contribution in [3.63, 3.8) is 0 Å². The maximum atomic E-state index is 13.9. The van der Waals surface area contributed by atoms with Gasteiger partial charge in [0.1, 0.15) is 6.54 Å². The van der Waals surface area contributed by atoms with E-state index in [9.17, 15) is 4.39 Å². The molecular formula is C14H14BrFN6O. The van der Waals surface area contributed by atoms with Crippen LogP contribution in [0.5, 0.6) is 0 Å². The summed E-state index contributed by atoms with van der Waals surface area (Å²) in [7, 11) is 0. The van der Waals surface area contributed by atoms with Crippen molar-refractivity contribution in [1.29, 1.82) is 0 Å². The molecule has 0 aliphatic carbocycles. The maximum Gasteiger partial charge on any atom is 0.270 e. The van der Waals surface area contributed by atoms with Gasteiger partial charge in [-0.05, 0) is 12.1 Å². The Hall–Kier alpha value is -2.00. The highest BCUT2D eigenvalue weighted by Crippen LogP contribution is 2.20. The van der Waals surface area contributed by atoms with E-state index < -0.39 is 5.82 Å². The summed E-state index contributed by atoms with van der Waals surface area (Å²) in [5.74, 6) is -0.111. The molecule has 0 bridgehead atoms. The molecule has 3 heterocycles. The zero-order valence-electron chi connectivity index (χ0n) is 12.2. The van der Waals surface area contributed by atoms with E-state index in [1.54, 1.807) is 6.20 Å². The Morgan fingerprint density at radius 2 is 2.13 bits per heavy atom. The first-order chi connectivity index (χ1) is 11.2. The fraction of sp³-hybridized carbons (Fsp3) is 0.357. The van der Waals surface area contributed by atoms with Gasteiger partial charge in [0.05, 0.1) is 25.1 Å². The summed E-state index contributed by atoms with van der Waals surface area (Å²) < 4.78 is 20.1. The SMILES string of the molecule is Fc1cnc(N=NCc2cc(Br)ccn2)nc1N1CCOCC1. The predicted octanol–water partition coefficient (Wildman–Crippen LogP) is 2.89. The highest BCUT2D eigenvalue weighted by Gasteiger charge is 2.17. The van der Waals surface area contributed by atoms with Gasteiger partial charge in [-0.15, -0.1) is 5.11 Å². The van der Waals surface area contributed by atoms with Crippen molar-refractivity contribution in [2.24, 2.45) is 10.2 Å². The van der Waals surface area contributed by atoms with Gasteiger partial charge >= 0.3 is 0 Å². The Kier molecular flexibility index (Phi) is 5.19. The summed E-state index contributed by atoms with van der Waals surface area (Å²) in [5, 5.41) is 7.97. The van der Waals surface area contributed by atoms with Crippen molar-refractivity contribution >= 4 is 27.7 Å². The molecule has 3 rings (SSSR count). The van der Waals surface area contributed by atoms with E-state index in [4.69, 9.17) is 4.74 Å². The van der Waals surface area contributed by atoms with Crippen LogP contribution in [0.1, 0.15) is 5.69 Å². The number of hydrogen-bond donors (Lipinski definition) is 0. The molecule has 9 heteroatoms. The van der Waals surface area contributed by atoms with Gasteiger partial charge in [-0.3, -0.25) is 4.98 Å². The second-order valence-electron chi connectivity index (χ2n) is 4.81. The van der Waals surface area contributed by atoms with Gasteiger partial charge < -0.3 is 9.64 Å². The highest BCUT2D eigenvalue weighted by molar-refractivity contribution is 9.10. The number of rotatable bonds is 4. The lowest BCUT2D eigenvalue weighted by Crippen LogP contribution is -2.37. The molecule has 0 atom stereocenters. The van der Waals surface area contributed by atoms with Crippen molar-refractivity contribution in [3.05, 3.63) is 40.5 Å². The van der Waals surface area contributed by atoms with Crippen molar-refractivity contribution in [1.82, 2.24) is 15.0 Å². The largest absolute Gasteiger partial charge is 0.378 e. The molecule has 1 aliphatic rings. The van der Waals surface area contributed by atoms with Crippen LogP contribution in [0.2, 0.25) is 0 Å². The second-order valence-corrected chi connectivity index (χ2v) is 5.72. The first-order valence-electron chi connectivity index (χ1n) is 7.05. The normalized spacial score (nSPS) is 15.3. The molecule has 0 N–H and O–H groups in total. The molecule has 0 unspecified atom stereocenters. The fourth-order valence-electron chi connectivity index (χ4n) is 2.10. The van der Waals surface area contributed by atoms with Gasteiger partial charge in [-0.1, -0.05) is 15.9 Å². The Bertz CT molecular complexity index is 707. The van der Waals surface area contributed by atoms with Gasteiger partial charge in [-0.25, -0.2) is 9.37 Å². The van der Waals surface area contributed by atoms with Crippen LogP contribution in [0.3, 0.4) is 0 Å². The molecule has 23 heavy (non-hydrogen) atoms. The van der Waals surface area contributed by atoms with E-state index in [1.165, 1.54) is 0 Å². The van der Waals surface area contributed by atoms with Gasteiger partial charge in [-0.2, -0.15) is 10.1 Å². The van der Waals surface area contributed by atoms with Gasteiger partial charge in [0, 0.05) is 23.8 Å². The molecule has 0 amide bonds. The van der Waals surface area contributed by atoms with Crippen LogP contribution in [-0.4, -0.2) is 41.3 Å². The van der Waals surface area contributed by atoms with Crippen LogP contribution < -0.4 is 4.90 Å². The second kappa shape index (κ2) is 7.51. The first kappa shape index (κ1) is 15.9. The minimum absolute atomic E-state index is 0.128. The third kappa shape index (κ3) is 4.26. The summed E-state index contributed by atoms with van der Waals surface area (Å²) in [5.41, 5.74) is 0.763. The summed E-state index contributed by atoms with van der Waals surface area (Å²) in [6.45, 7) is 2.58. The average molecular weight is 381 g/mol. The monoisotopic (exact) mass is 380 g/mol. The lowest BCUT2D eigenvalue weighted by molar-refractivity contribution is 0.122. The third-order valence-electron chi connectivity index (χ3n) is 3.19. The average Bonchev–Trinajstić information content (AvgIpc) is 2.57. The number of morpholine rings is 1. The summed E-state index contributed by atoms with van der Waals surface area (Å²) >= 11 is 3.37. The van der Waals surface area contributed by atoms with E-state index in [0.29, 0.717) is 32.8 Å². The van der Waals surface area contributed by atoms with Gasteiger partial charge in [0.25, 0.3) is 5.95 Å². The summed E-state index contributed by atoms with van der Waals surface area (Å²) in [4.78, 5) is 14.0. The third-order valence-corrected chi connectivity index (χ3v) is 3.69. The molecule has 7 nitrogen and oxygen atoms in total. The Morgan fingerprint density at radius 3 is 2.91 bits per heavy atom. The van der Waals surface area contributed by atoms with Crippen LogP contribution in [0.15, 0.2) is 39.2 Å². The number of aromatic nitrogens is 3. The fourth-order valence-corrected chi connectivity index (χ4v) is 2.48. The van der Waals surface area contributed by atoms with Crippen LogP contribution in [-0.2, 0) is 11.3 Å². The number of azo groups is 1. The molecule has 0 aromatic carbocycles. The number of pyridine rings is 1. The maximum absolute atomic E-state index is 13.9. The van der Waals surface area contributed by atoms with Crippen LogP contribution in [0, 0.1) is 5.82 Å². The zero-order valence-corrected chi connectivity index (χ0v) is 13.8. The molecule has 0 spiro atoms. The Morgan fingerprint density at radius 1 is 1.30 bits per heavy atom. The van der Waals surface area contributed by atoms with Crippen LogP contribution in [0.25, 0.3) is 0 Å².